The molecule has 0 fully saturated rings. The number of nitrogens with zero attached hydrogens (tertiary/aromatic N) is 1. The summed E-state index contributed by atoms with van der Waals surface area (Å²) in [5, 5.41) is 15.3. The van der Waals surface area contributed by atoms with E-state index in [2.05, 4.69) is 22.6 Å². The zero-order valence-corrected chi connectivity index (χ0v) is 11.9. The number of carbonyl (C=O) groups is 1. The minimum absolute atomic E-state index is 0.237. The molecule has 0 saturated carbocycles. The molecule has 3 aromatic rings. The molecule has 110 valence electrons. The van der Waals surface area contributed by atoms with Gasteiger partial charge in [0, 0.05) is 17.8 Å². The third kappa shape index (κ3) is 4.49. The Bertz CT molecular complexity index is 683. The van der Waals surface area contributed by atoms with Crippen LogP contribution in [0.4, 0.5) is 11.6 Å². The van der Waals surface area contributed by atoms with Crippen LogP contribution in [0.3, 0.4) is 0 Å². The topological polar surface area (TPSA) is 75.4 Å². The van der Waals surface area contributed by atoms with E-state index in [-0.39, 0.29) is 5.56 Å². The average molecular weight is 294 g/mol. The Labute approximate surface area is 128 Å². The third-order valence-corrected chi connectivity index (χ3v) is 2.69. The van der Waals surface area contributed by atoms with E-state index in [1.807, 2.05) is 30.3 Å². The molecule has 5 heteroatoms. The molecule has 5 nitrogen and oxygen atoms in total. The van der Waals surface area contributed by atoms with Crippen LogP contribution in [0, 0.1) is 19.1 Å². The summed E-state index contributed by atoms with van der Waals surface area (Å²) in [5.74, 6) is -0.524. The highest BCUT2D eigenvalue weighted by Crippen LogP contribution is 2.19. The summed E-state index contributed by atoms with van der Waals surface area (Å²) in [6.45, 7) is 1.72. The molecule has 2 aromatic carbocycles. The number of aromatic carboxylic acids is 1. The van der Waals surface area contributed by atoms with Gasteiger partial charge in [0.15, 0.2) is 0 Å². The molecule has 2 radical (unpaired) electrons. The summed E-state index contributed by atoms with van der Waals surface area (Å²) in [6, 6.07) is 20.2. The summed E-state index contributed by atoms with van der Waals surface area (Å²) in [5.41, 5.74) is 1.43. The fraction of sp³-hybridized carbons (Fsp3) is 0.0588. The van der Waals surface area contributed by atoms with Crippen LogP contribution >= 0.6 is 0 Å². The van der Waals surface area contributed by atoms with Crippen molar-refractivity contribution in [1.29, 1.82) is 0 Å². The van der Waals surface area contributed by atoms with E-state index < -0.39 is 5.97 Å². The highest BCUT2D eigenvalue weighted by molar-refractivity contribution is 5.90. The molecule has 22 heavy (non-hydrogen) atoms. The van der Waals surface area contributed by atoms with Crippen LogP contribution in [0.25, 0.3) is 0 Å². The van der Waals surface area contributed by atoms with E-state index in [1.54, 1.807) is 19.1 Å². The van der Waals surface area contributed by atoms with E-state index in [4.69, 9.17) is 9.63 Å². The smallest absolute Gasteiger partial charge is 0.336 e. The van der Waals surface area contributed by atoms with Gasteiger partial charge in [0.05, 0.1) is 11.8 Å². The SMILES string of the molecule is Cc1c[c]c(Nc2ccno2)cc1C(=O)O.[c]1ccccc1. The Morgan fingerprint density at radius 2 is 2.09 bits per heavy atom. The Morgan fingerprint density at radius 3 is 2.59 bits per heavy atom. The summed E-state index contributed by atoms with van der Waals surface area (Å²) < 4.78 is 4.84. The van der Waals surface area contributed by atoms with Crippen LogP contribution in [-0.4, -0.2) is 16.2 Å². The largest absolute Gasteiger partial charge is 0.478 e. The fourth-order valence-corrected chi connectivity index (χ4v) is 1.62. The molecular formula is C17H14N2O3. The maximum atomic E-state index is 10.9. The molecule has 0 aliphatic carbocycles. The van der Waals surface area contributed by atoms with Crippen LogP contribution in [0.5, 0.6) is 0 Å². The maximum Gasteiger partial charge on any atom is 0.336 e. The zero-order valence-electron chi connectivity index (χ0n) is 11.9. The molecule has 2 N–H and O–H groups in total. The number of rotatable bonds is 3. The lowest BCUT2D eigenvalue weighted by Crippen LogP contribution is -2.01. The van der Waals surface area contributed by atoms with E-state index in [0.29, 0.717) is 17.1 Å². The van der Waals surface area contributed by atoms with Gasteiger partial charge in [-0.25, -0.2) is 4.79 Å². The molecule has 0 aliphatic rings. The van der Waals surface area contributed by atoms with Gasteiger partial charge in [-0.1, -0.05) is 35.5 Å². The van der Waals surface area contributed by atoms with Gasteiger partial charge in [0.25, 0.3) is 0 Å². The number of anilines is 2. The lowest BCUT2D eigenvalue weighted by molar-refractivity contribution is 0.0696. The Morgan fingerprint density at radius 1 is 1.32 bits per heavy atom. The Hall–Kier alpha value is -3.08. The minimum atomic E-state index is -0.966. The molecule has 0 atom stereocenters. The van der Waals surface area contributed by atoms with Crippen LogP contribution in [-0.2, 0) is 0 Å². The van der Waals surface area contributed by atoms with Crippen molar-refractivity contribution in [2.45, 2.75) is 6.92 Å². The van der Waals surface area contributed by atoms with Crippen molar-refractivity contribution in [3.63, 3.8) is 0 Å². The lowest BCUT2D eigenvalue weighted by atomic mass is 10.1. The maximum absolute atomic E-state index is 10.9. The Balaban J connectivity index is 0.000000246. The van der Waals surface area contributed by atoms with Gasteiger partial charge in [-0.05, 0) is 30.7 Å². The molecule has 0 amide bonds. The van der Waals surface area contributed by atoms with Crippen molar-refractivity contribution in [1.82, 2.24) is 5.16 Å². The quantitative estimate of drug-likeness (QED) is 0.770. The number of aryl methyl sites for hydroxylation is 1. The molecule has 1 heterocycles. The zero-order chi connectivity index (χ0) is 15.8. The first-order valence-corrected chi connectivity index (χ1v) is 6.51. The summed E-state index contributed by atoms with van der Waals surface area (Å²) >= 11 is 0. The summed E-state index contributed by atoms with van der Waals surface area (Å²) in [4.78, 5) is 10.9. The van der Waals surface area contributed by atoms with Crippen LogP contribution in [0.1, 0.15) is 15.9 Å². The van der Waals surface area contributed by atoms with Gasteiger partial charge < -0.3 is 14.9 Å². The normalized spacial score (nSPS) is 9.50. The highest BCUT2D eigenvalue weighted by Gasteiger charge is 2.08. The average Bonchev–Trinajstić information content (AvgIpc) is 3.04. The second kappa shape index (κ2) is 7.64. The molecule has 0 saturated heterocycles. The van der Waals surface area contributed by atoms with Gasteiger partial charge >= 0.3 is 5.97 Å². The first kappa shape index (κ1) is 15.3. The van der Waals surface area contributed by atoms with Crippen molar-refractivity contribution >= 4 is 17.5 Å². The van der Waals surface area contributed by atoms with Crippen LogP contribution in [0.2, 0.25) is 0 Å². The Kier molecular flexibility index (Phi) is 5.31. The number of nitrogens with one attached hydrogen (secondary N) is 1. The van der Waals surface area contributed by atoms with Gasteiger partial charge in [-0.15, -0.1) is 0 Å². The van der Waals surface area contributed by atoms with Gasteiger partial charge in [0.2, 0.25) is 5.88 Å². The van der Waals surface area contributed by atoms with Crippen molar-refractivity contribution in [2.75, 3.05) is 5.32 Å². The van der Waals surface area contributed by atoms with E-state index >= 15 is 0 Å². The second-order valence-corrected chi connectivity index (χ2v) is 4.33. The number of hydrogen-bond acceptors (Lipinski definition) is 4. The molecular weight excluding hydrogens is 280 g/mol. The van der Waals surface area contributed by atoms with Gasteiger partial charge in [0.1, 0.15) is 0 Å². The second-order valence-electron chi connectivity index (χ2n) is 4.33. The van der Waals surface area contributed by atoms with Crippen molar-refractivity contribution in [3.05, 3.63) is 78.0 Å². The van der Waals surface area contributed by atoms with Gasteiger partial charge in [-0.2, -0.15) is 0 Å². The molecule has 0 bridgehead atoms. The van der Waals surface area contributed by atoms with Crippen LogP contribution in [0.15, 0.2) is 59.3 Å². The van der Waals surface area contributed by atoms with Gasteiger partial charge in [-0.3, -0.25) is 0 Å². The molecule has 1 aromatic heterocycles. The number of benzene rings is 2. The first-order valence-electron chi connectivity index (χ1n) is 6.51. The van der Waals surface area contributed by atoms with E-state index in [1.165, 1.54) is 12.3 Å². The summed E-state index contributed by atoms with van der Waals surface area (Å²) in [7, 11) is 0. The molecule has 0 aliphatic heterocycles. The van der Waals surface area contributed by atoms with E-state index in [0.717, 1.165) is 0 Å². The molecule has 0 unspecified atom stereocenters. The predicted molar refractivity (Wildman–Crippen MR) is 82.0 cm³/mol. The number of carboxylic acid groups (broad SMARTS) is 1. The van der Waals surface area contributed by atoms with E-state index in [9.17, 15) is 4.79 Å². The third-order valence-electron chi connectivity index (χ3n) is 2.69. The predicted octanol–water partition coefficient (Wildman–Crippen LogP) is 3.71. The first-order chi connectivity index (χ1) is 10.7. The van der Waals surface area contributed by atoms with Crippen molar-refractivity contribution in [2.24, 2.45) is 0 Å². The highest BCUT2D eigenvalue weighted by atomic mass is 16.5. The number of carboxylic acids is 1. The van der Waals surface area contributed by atoms with Crippen molar-refractivity contribution < 1.29 is 14.4 Å². The molecule has 3 rings (SSSR count). The standard InChI is InChI=1S/C11H9N2O3.C6H5/c1-7-2-3-8(6-9(7)11(14)15)13-10-4-5-12-16-10;1-2-4-6-5-3-1/h2,4-6,13H,1H3,(H,14,15);1-5H. The number of hydrogen-bond donors (Lipinski definition) is 2. The lowest BCUT2D eigenvalue weighted by Gasteiger charge is -2.05. The van der Waals surface area contributed by atoms with Crippen LogP contribution < -0.4 is 5.32 Å². The number of aromatic nitrogens is 1. The molecule has 0 spiro atoms. The monoisotopic (exact) mass is 294 g/mol. The fourth-order valence-electron chi connectivity index (χ4n) is 1.62. The minimum Gasteiger partial charge on any atom is -0.478 e. The van der Waals surface area contributed by atoms with Crippen molar-refractivity contribution in [3.8, 4) is 0 Å². The summed E-state index contributed by atoms with van der Waals surface area (Å²) in [6.07, 6.45) is 1.49.